The lowest BCUT2D eigenvalue weighted by Gasteiger charge is -2.30. The van der Waals surface area contributed by atoms with E-state index in [1.807, 2.05) is 42.5 Å². The minimum Gasteiger partial charge on any atom is -0.370 e. The van der Waals surface area contributed by atoms with Crippen LogP contribution in [0.2, 0.25) is 0 Å². The quantitative estimate of drug-likeness (QED) is 0.861. The molecular formula is C21H25N3O2. The molecule has 3 rings (SSSR count). The predicted molar refractivity (Wildman–Crippen MR) is 106 cm³/mol. The van der Waals surface area contributed by atoms with Crippen LogP contribution in [0.25, 0.3) is 0 Å². The molecule has 1 heterocycles. The monoisotopic (exact) mass is 351 g/mol. The summed E-state index contributed by atoms with van der Waals surface area (Å²) in [5, 5.41) is 5.78. The van der Waals surface area contributed by atoms with Crippen molar-refractivity contribution < 1.29 is 9.59 Å². The Balaban J connectivity index is 1.64. The van der Waals surface area contributed by atoms with E-state index in [-0.39, 0.29) is 11.8 Å². The number of anilines is 3. The summed E-state index contributed by atoms with van der Waals surface area (Å²) in [7, 11) is 0. The van der Waals surface area contributed by atoms with Crippen molar-refractivity contribution in [3.8, 4) is 0 Å². The highest BCUT2D eigenvalue weighted by molar-refractivity contribution is 5.95. The van der Waals surface area contributed by atoms with Crippen LogP contribution in [-0.4, -0.2) is 24.9 Å². The first-order valence-corrected chi connectivity index (χ1v) is 9.12. The van der Waals surface area contributed by atoms with Gasteiger partial charge in [0.1, 0.15) is 0 Å². The fraction of sp³-hybridized carbons (Fsp3) is 0.333. The third-order valence-corrected chi connectivity index (χ3v) is 4.51. The van der Waals surface area contributed by atoms with Crippen molar-refractivity contribution in [1.29, 1.82) is 0 Å². The molecule has 0 unspecified atom stereocenters. The number of para-hydroxylation sites is 2. The SMILES string of the molecule is CC(=O)Nc1ccc(CC(=O)Nc2ccccc2N2CCCCC2)cc1. The van der Waals surface area contributed by atoms with Crippen LogP contribution in [0.15, 0.2) is 48.5 Å². The molecule has 0 saturated carbocycles. The Morgan fingerprint density at radius 3 is 2.31 bits per heavy atom. The van der Waals surface area contributed by atoms with E-state index in [0.29, 0.717) is 6.42 Å². The van der Waals surface area contributed by atoms with Gasteiger partial charge in [0.25, 0.3) is 0 Å². The van der Waals surface area contributed by atoms with Crippen molar-refractivity contribution in [2.45, 2.75) is 32.6 Å². The number of hydrogen-bond acceptors (Lipinski definition) is 3. The van der Waals surface area contributed by atoms with Gasteiger partial charge in [0, 0.05) is 25.7 Å². The highest BCUT2D eigenvalue weighted by Gasteiger charge is 2.15. The first kappa shape index (κ1) is 18.0. The van der Waals surface area contributed by atoms with Crippen LogP contribution >= 0.6 is 0 Å². The second-order valence-electron chi connectivity index (χ2n) is 6.67. The normalized spacial score (nSPS) is 14.0. The summed E-state index contributed by atoms with van der Waals surface area (Å²) in [5.41, 5.74) is 3.61. The molecular weight excluding hydrogens is 326 g/mol. The van der Waals surface area contributed by atoms with Gasteiger partial charge in [0.05, 0.1) is 17.8 Å². The molecule has 1 fully saturated rings. The lowest BCUT2D eigenvalue weighted by molar-refractivity contribution is -0.116. The molecule has 0 bridgehead atoms. The third-order valence-electron chi connectivity index (χ3n) is 4.51. The second kappa shape index (κ2) is 8.52. The fourth-order valence-electron chi connectivity index (χ4n) is 3.28. The highest BCUT2D eigenvalue weighted by atomic mass is 16.2. The highest BCUT2D eigenvalue weighted by Crippen LogP contribution is 2.28. The van der Waals surface area contributed by atoms with Crippen LogP contribution in [0.4, 0.5) is 17.1 Å². The lowest BCUT2D eigenvalue weighted by atomic mass is 10.1. The van der Waals surface area contributed by atoms with Gasteiger partial charge in [0.15, 0.2) is 0 Å². The molecule has 26 heavy (non-hydrogen) atoms. The maximum absolute atomic E-state index is 12.5. The predicted octanol–water partition coefficient (Wildman–Crippen LogP) is 3.82. The van der Waals surface area contributed by atoms with Crippen molar-refractivity contribution in [1.82, 2.24) is 0 Å². The number of rotatable bonds is 5. The molecule has 1 saturated heterocycles. The Kier molecular flexibility index (Phi) is 5.89. The molecule has 0 aliphatic carbocycles. The van der Waals surface area contributed by atoms with Crippen molar-refractivity contribution >= 4 is 28.9 Å². The summed E-state index contributed by atoms with van der Waals surface area (Å²) in [6.07, 6.45) is 3.97. The summed E-state index contributed by atoms with van der Waals surface area (Å²) < 4.78 is 0. The Labute approximate surface area is 154 Å². The summed E-state index contributed by atoms with van der Waals surface area (Å²) in [5.74, 6) is -0.147. The molecule has 2 aromatic rings. The topological polar surface area (TPSA) is 61.4 Å². The Morgan fingerprint density at radius 1 is 0.923 bits per heavy atom. The Morgan fingerprint density at radius 2 is 1.62 bits per heavy atom. The standard InChI is InChI=1S/C21H25N3O2/c1-16(25)22-18-11-9-17(10-12-18)15-21(26)23-19-7-3-4-8-20(19)24-13-5-2-6-14-24/h3-4,7-12H,2,5-6,13-15H2,1H3,(H,22,25)(H,23,26). The molecule has 0 spiro atoms. The molecule has 136 valence electrons. The summed E-state index contributed by atoms with van der Waals surface area (Å²) in [6, 6.07) is 15.3. The number of nitrogens with zero attached hydrogens (tertiary/aromatic N) is 1. The largest absolute Gasteiger partial charge is 0.370 e. The number of piperidine rings is 1. The summed E-state index contributed by atoms with van der Waals surface area (Å²) in [6.45, 7) is 3.55. The van der Waals surface area contributed by atoms with Crippen LogP contribution in [-0.2, 0) is 16.0 Å². The maximum atomic E-state index is 12.5. The van der Waals surface area contributed by atoms with Crippen LogP contribution < -0.4 is 15.5 Å². The second-order valence-corrected chi connectivity index (χ2v) is 6.67. The number of amides is 2. The van der Waals surface area contributed by atoms with Crippen LogP contribution in [0.5, 0.6) is 0 Å². The van der Waals surface area contributed by atoms with Crippen molar-refractivity contribution in [3.63, 3.8) is 0 Å². The first-order chi connectivity index (χ1) is 12.6. The van der Waals surface area contributed by atoms with Crippen LogP contribution in [0, 0.1) is 0 Å². The minimum absolute atomic E-state index is 0.0401. The number of benzene rings is 2. The summed E-state index contributed by atoms with van der Waals surface area (Å²) in [4.78, 5) is 25.9. The molecule has 0 radical (unpaired) electrons. The van der Waals surface area contributed by atoms with Crippen molar-refractivity contribution in [3.05, 3.63) is 54.1 Å². The van der Waals surface area contributed by atoms with E-state index in [9.17, 15) is 9.59 Å². The average Bonchev–Trinajstić information content (AvgIpc) is 2.64. The number of hydrogen-bond donors (Lipinski definition) is 2. The zero-order valence-electron chi connectivity index (χ0n) is 15.1. The zero-order chi connectivity index (χ0) is 18.4. The van der Waals surface area contributed by atoms with Gasteiger partial charge in [0.2, 0.25) is 11.8 Å². The molecule has 0 atom stereocenters. The van der Waals surface area contributed by atoms with Gasteiger partial charge in [-0.05, 0) is 49.1 Å². The van der Waals surface area contributed by atoms with E-state index in [0.717, 1.165) is 35.7 Å². The fourth-order valence-corrected chi connectivity index (χ4v) is 3.28. The van der Waals surface area contributed by atoms with Gasteiger partial charge >= 0.3 is 0 Å². The smallest absolute Gasteiger partial charge is 0.228 e. The van der Waals surface area contributed by atoms with E-state index in [2.05, 4.69) is 21.6 Å². The van der Waals surface area contributed by atoms with Gasteiger partial charge in [-0.3, -0.25) is 9.59 Å². The molecule has 1 aliphatic rings. The van der Waals surface area contributed by atoms with Gasteiger partial charge in [-0.25, -0.2) is 0 Å². The number of carbonyl (C=O) groups is 2. The van der Waals surface area contributed by atoms with Gasteiger partial charge in [-0.2, -0.15) is 0 Å². The molecule has 2 amide bonds. The van der Waals surface area contributed by atoms with E-state index in [4.69, 9.17) is 0 Å². The van der Waals surface area contributed by atoms with Gasteiger partial charge in [-0.1, -0.05) is 24.3 Å². The van der Waals surface area contributed by atoms with Crippen molar-refractivity contribution in [2.24, 2.45) is 0 Å². The Bertz CT molecular complexity index is 765. The molecule has 1 aliphatic heterocycles. The number of carbonyl (C=O) groups excluding carboxylic acids is 2. The first-order valence-electron chi connectivity index (χ1n) is 9.12. The lowest BCUT2D eigenvalue weighted by Crippen LogP contribution is -2.30. The maximum Gasteiger partial charge on any atom is 0.228 e. The zero-order valence-corrected chi connectivity index (χ0v) is 15.1. The van der Waals surface area contributed by atoms with E-state index in [1.54, 1.807) is 0 Å². The third kappa shape index (κ3) is 4.85. The van der Waals surface area contributed by atoms with Crippen molar-refractivity contribution in [2.75, 3.05) is 28.6 Å². The molecule has 5 nitrogen and oxygen atoms in total. The van der Waals surface area contributed by atoms with Crippen LogP contribution in [0.1, 0.15) is 31.7 Å². The Hall–Kier alpha value is -2.82. The van der Waals surface area contributed by atoms with Crippen LogP contribution in [0.3, 0.4) is 0 Å². The molecule has 2 N–H and O–H groups in total. The summed E-state index contributed by atoms with van der Waals surface area (Å²) >= 11 is 0. The number of nitrogens with one attached hydrogen (secondary N) is 2. The molecule has 5 heteroatoms. The van der Waals surface area contributed by atoms with E-state index < -0.39 is 0 Å². The van der Waals surface area contributed by atoms with E-state index >= 15 is 0 Å². The van der Waals surface area contributed by atoms with E-state index in [1.165, 1.54) is 26.2 Å². The van der Waals surface area contributed by atoms with Gasteiger partial charge in [-0.15, -0.1) is 0 Å². The minimum atomic E-state index is -0.107. The average molecular weight is 351 g/mol. The van der Waals surface area contributed by atoms with Gasteiger partial charge < -0.3 is 15.5 Å². The molecule has 2 aromatic carbocycles. The molecule has 0 aromatic heterocycles.